The normalized spacial score (nSPS) is 10.8. The Balaban J connectivity index is 1.47. The summed E-state index contributed by atoms with van der Waals surface area (Å²) < 4.78 is 6.73. The number of carbonyl (C=O) groups excluding carboxylic acids is 1. The number of benzene rings is 3. The Kier molecular flexibility index (Phi) is 6.25. The van der Waals surface area contributed by atoms with Gasteiger partial charge in [0.2, 0.25) is 0 Å². The van der Waals surface area contributed by atoms with Crippen LogP contribution in [0.25, 0.3) is 20.8 Å². The van der Waals surface area contributed by atoms with Crippen molar-refractivity contribution in [3.05, 3.63) is 78.4 Å². The molecule has 4 aromatic rings. The fourth-order valence-corrected chi connectivity index (χ4v) is 4.26. The number of hydrogen-bond acceptors (Lipinski definition) is 5. The number of para-hydroxylation sites is 2. The van der Waals surface area contributed by atoms with Gasteiger partial charge in [0, 0.05) is 11.1 Å². The second kappa shape index (κ2) is 9.24. The summed E-state index contributed by atoms with van der Waals surface area (Å²) in [5.41, 5.74) is 3.17. The number of ether oxygens (including phenoxy) is 1. The summed E-state index contributed by atoms with van der Waals surface area (Å²) in [5.74, 6) is 0.433. The van der Waals surface area contributed by atoms with Gasteiger partial charge < -0.3 is 10.1 Å². The van der Waals surface area contributed by atoms with Crippen LogP contribution in [0.5, 0.6) is 5.75 Å². The number of carbonyl (C=O) groups is 1. The summed E-state index contributed by atoms with van der Waals surface area (Å²) in [6.45, 7) is 3.91. The Labute approximate surface area is 190 Å². The molecule has 156 valence electrons. The molecule has 0 aliphatic heterocycles. The van der Waals surface area contributed by atoms with E-state index in [0.29, 0.717) is 5.56 Å². The molecule has 0 aliphatic carbocycles. The van der Waals surface area contributed by atoms with E-state index in [1.165, 1.54) is 0 Å². The molecule has 0 spiro atoms. The van der Waals surface area contributed by atoms with Crippen LogP contribution in [0.15, 0.2) is 72.8 Å². The van der Waals surface area contributed by atoms with Crippen molar-refractivity contribution in [2.24, 2.45) is 0 Å². The Hall–Kier alpha value is -3.29. The number of anilines is 1. The lowest BCUT2D eigenvalue weighted by atomic mass is 10.2. The van der Waals surface area contributed by atoms with E-state index in [4.69, 9.17) is 21.9 Å². The van der Waals surface area contributed by atoms with Gasteiger partial charge in [-0.3, -0.25) is 10.1 Å². The molecule has 2 N–H and O–H groups in total. The third kappa shape index (κ3) is 5.07. The molecule has 3 aromatic carbocycles. The zero-order chi connectivity index (χ0) is 21.8. The molecule has 0 saturated carbocycles. The Morgan fingerprint density at radius 1 is 1.00 bits per heavy atom. The number of nitrogens with zero attached hydrogens (tertiary/aromatic N) is 1. The molecule has 0 fully saturated rings. The Bertz CT molecular complexity index is 1200. The maximum Gasteiger partial charge on any atom is 0.257 e. The molecule has 0 bridgehead atoms. The second-order valence-corrected chi connectivity index (χ2v) is 8.57. The van der Waals surface area contributed by atoms with Crippen molar-refractivity contribution in [3.8, 4) is 16.3 Å². The van der Waals surface area contributed by atoms with Crippen molar-refractivity contribution in [3.63, 3.8) is 0 Å². The maximum absolute atomic E-state index is 12.6. The van der Waals surface area contributed by atoms with Gasteiger partial charge in [-0.25, -0.2) is 4.98 Å². The third-order valence-electron chi connectivity index (χ3n) is 4.41. The van der Waals surface area contributed by atoms with E-state index in [0.717, 1.165) is 32.2 Å². The molecule has 1 heterocycles. The predicted octanol–water partition coefficient (Wildman–Crippen LogP) is 5.88. The first kappa shape index (κ1) is 21.0. The minimum absolute atomic E-state index is 0.0759. The summed E-state index contributed by atoms with van der Waals surface area (Å²) in [7, 11) is 0. The highest BCUT2D eigenvalue weighted by Gasteiger charge is 2.13. The Morgan fingerprint density at radius 3 is 2.45 bits per heavy atom. The largest absolute Gasteiger partial charge is 0.491 e. The molecule has 0 saturated heterocycles. The molecule has 1 aromatic heterocycles. The quantitative estimate of drug-likeness (QED) is 0.374. The molecule has 4 rings (SSSR count). The van der Waals surface area contributed by atoms with Crippen LogP contribution in [0, 0.1) is 0 Å². The van der Waals surface area contributed by atoms with Crippen LogP contribution in [0.4, 0.5) is 5.69 Å². The topological polar surface area (TPSA) is 63.2 Å². The number of hydrogen-bond donors (Lipinski definition) is 2. The fraction of sp³-hybridized carbons (Fsp3) is 0.125. The Morgan fingerprint density at radius 2 is 1.71 bits per heavy atom. The molecule has 0 radical (unpaired) electrons. The van der Waals surface area contributed by atoms with E-state index in [9.17, 15) is 4.79 Å². The minimum atomic E-state index is -0.286. The first-order valence-corrected chi connectivity index (χ1v) is 11.1. The number of nitrogens with one attached hydrogen (secondary N) is 2. The third-order valence-corrected chi connectivity index (χ3v) is 5.69. The van der Waals surface area contributed by atoms with Crippen molar-refractivity contribution in [1.82, 2.24) is 10.3 Å². The van der Waals surface area contributed by atoms with Gasteiger partial charge in [0.1, 0.15) is 10.8 Å². The number of aromatic nitrogens is 1. The van der Waals surface area contributed by atoms with E-state index >= 15 is 0 Å². The average molecular weight is 448 g/mol. The van der Waals surface area contributed by atoms with Gasteiger partial charge in [-0.15, -0.1) is 11.3 Å². The van der Waals surface area contributed by atoms with Crippen LogP contribution in [-0.4, -0.2) is 22.1 Å². The standard InChI is InChI=1S/C24H21N3O2S2/c1-15(2)29-17-13-11-16(12-14-17)22(28)27-24(30)26-19-8-4-3-7-18(19)23-25-20-9-5-6-10-21(20)31-23/h3-15H,1-2H3,(H2,26,27,28,30). The lowest BCUT2D eigenvalue weighted by Crippen LogP contribution is -2.34. The lowest BCUT2D eigenvalue weighted by molar-refractivity contribution is 0.0977. The number of thiocarbonyl (C=S) groups is 1. The van der Waals surface area contributed by atoms with E-state index in [1.807, 2.05) is 56.3 Å². The number of amides is 1. The first-order chi connectivity index (χ1) is 15.0. The monoisotopic (exact) mass is 447 g/mol. The van der Waals surface area contributed by atoms with E-state index in [1.54, 1.807) is 35.6 Å². The van der Waals surface area contributed by atoms with Crippen molar-refractivity contribution in [2.75, 3.05) is 5.32 Å². The molecular weight excluding hydrogens is 426 g/mol. The lowest BCUT2D eigenvalue weighted by Gasteiger charge is -2.13. The van der Waals surface area contributed by atoms with Gasteiger partial charge >= 0.3 is 0 Å². The molecule has 0 unspecified atom stereocenters. The number of rotatable bonds is 5. The number of thiazole rings is 1. The SMILES string of the molecule is CC(C)Oc1ccc(C(=O)NC(=S)Nc2ccccc2-c2nc3ccccc3s2)cc1. The highest BCUT2D eigenvalue weighted by Crippen LogP contribution is 2.34. The molecule has 5 nitrogen and oxygen atoms in total. The zero-order valence-corrected chi connectivity index (χ0v) is 18.7. The molecule has 7 heteroatoms. The van der Waals surface area contributed by atoms with Crippen molar-refractivity contribution < 1.29 is 9.53 Å². The van der Waals surface area contributed by atoms with E-state index < -0.39 is 0 Å². The van der Waals surface area contributed by atoms with Crippen molar-refractivity contribution in [2.45, 2.75) is 20.0 Å². The van der Waals surface area contributed by atoms with Crippen LogP contribution >= 0.6 is 23.6 Å². The predicted molar refractivity (Wildman–Crippen MR) is 131 cm³/mol. The van der Waals surface area contributed by atoms with Crippen LogP contribution in [-0.2, 0) is 0 Å². The highest BCUT2D eigenvalue weighted by molar-refractivity contribution is 7.80. The smallest absolute Gasteiger partial charge is 0.257 e. The van der Waals surface area contributed by atoms with Gasteiger partial charge in [-0.1, -0.05) is 24.3 Å². The van der Waals surface area contributed by atoms with Crippen molar-refractivity contribution >= 4 is 50.5 Å². The van der Waals surface area contributed by atoms with Crippen LogP contribution < -0.4 is 15.4 Å². The minimum Gasteiger partial charge on any atom is -0.491 e. The van der Waals surface area contributed by atoms with E-state index in [2.05, 4.69) is 16.7 Å². The summed E-state index contributed by atoms with van der Waals surface area (Å²) >= 11 is 7.00. The first-order valence-electron chi connectivity index (χ1n) is 9.83. The van der Waals surface area contributed by atoms with E-state index in [-0.39, 0.29) is 17.1 Å². The van der Waals surface area contributed by atoms with Gasteiger partial charge in [0.05, 0.1) is 22.0 Å². The zero-order valence-electron chi connectivity index (χ0n) is 17.1. The maximum atomic E-state index is 12.6. The fourth-order valence-electron chi connectivity index (χ4n) is 3.05. The summed E-state index contributed by atoms with van der Waals surface area (Å²) in [6.07, 6.45) is 0.0759. The molecular formula is C24H21N3O2S2. The average Bonchev–Trinajstić information content (AvgIpc) is 3.18. The molecule has 0 atom stereocenters. The van der Waals surface area contributed by atoms with Crippen LogP contribution in [0.1, 0.15) is 24.2 Å². The molecule has 0 aliphatic rings. The highest BCUT2D eigenvalue weighted by atomic mass is 32.1. The number of fused-ring (bicyclic) bond motifs is 1. The van der Waals surface area contributed by atoms with Crippen LogP contribution in [0.2, 0.25) is 0 Å². The van der Waals surface area contributed by atoms with Gasteiger partial charge in [0.15, 0.2) is 5.11 Å². The summed E-state index contributed by atoms with van der Waals surface area (Å²) in [4.78, 5) is 17.3. The van der Waals surface area contributed by atoms with Gasteiger partial charge in [-0.05, 0) is 74.6 Å². The summed E-state index contributed by atoms with van der Waals surface area (Å²) in [5, 5.41) is 6.98. The second-order valence-electron chi connectivity index (χ2n) is 7.13. The van der Waals surface area contributed by atoms with Crippen LogP contribution in [0.3, 0.4) is 0 Å². The van der Waals surface area contributed by atoms with Gasteiger partial charge in [0.25, 0.3) is 5.91 Å². The summed E-state index contributed by atoms with van der Waals surface area (Å²) in [6, 6.07) is 22.8. The van der Waals surface area contributed by atoms with Gasteiger partial charge in [-0.2, -0.15) is 0 Å². The molecule has 1 amide bonds. The molecule has 31 heavy (non-hydrogen) atoms. The van der Waals surface area contributed by atoms with Crippen molar-refractivity contribution in [1.29, 1.82) is 0 Å².